The molecule has 114 valence electrons. The Morgan fingerprint density at radius 3 is 2.75 bits per heavy atom. The Labute approximate surface area is 123 Å². The summed E-state index contributed by atoms with van der Waals surface area (Å²) in [5.41, 5.74) is 1.36. The van der Waals surface area contributed by atoms with E-state index in [1.165, 1.54) is 44.1 Å². The van der Waals surface area contributed by atoms with E-state index < -0.39 is 0 Å². The second kappa shape index (κ2) is 8.48. The Bertz CT molecular complexity index is 369. The van der Waals surface area contributed by atoms with Gasteiger partial charge in [0.15, 0.2) is 0 Å². The van der Waals surface area contributed by atoms with Crippen molar-refractivity contribution in [1.29, 1.82) is 0 Å². The zero-order valence-electron chi connectivity index (χ0n) is 13.2. The molecule has 0 bridgehead atoms. The highest BCUT2D eigenvalue weighted by Crippen LogP contribution is 2.24. The average Bonchev–Trinajstić information content (AvgIpc) is 2.93. The van der Waals surface area contributed by atoms with Crippen LogP contribution in [0, 0.1) is 0 Å². The molecule has 2 rings (SSSR count). The third-order valence-electron chi connectivity index (χ3n) is 4.42. The molecule has 0 atom stereocenters. The second-order valence-corrected chi connectivity index (χ2v) is 5.90. The monoisotopic (exact) mass is 278 g/mol. The maximum atomic E-state index is 5.65. The van der Waals surface area contributed by atoms with Crippen molar-refractivity contribution in [3.63, 3.8) is 0 Å². The summed E-state index contributed by atoms with van der Waals surface area (Å²) in [6.07, 6.45) is 9.97. The van der Waals surface area contributed by atoms with Crippen LogP contribution in [0.3, 0.4) is 0 Å². The largest absolute Gasteiger partial charge is 0.468 e. The quantitative estimate of drug-likeness (QED) is 0.730. The van der Waals surface area contributed by atoms with E-state index in [2.05, 4.69) is 30.1 Å². The Kier molecular flexibility index (Phi) is 6.61. The Morgan fingerprint density at radius 2 is 2.05 bits per heavy atom. The van der Waals surface area contributed by atoms with Gasteiger partial charge in [-0.2, -0.15) is 0 Å². The van der Waals surface area contributed by atoms with E-state index in [0.717, 1.165) is 38.0 Å². The van der Waals surface area contributed by atoms with Crippen LogP contribution in [0.2, 0.25) is 0 Å². The van der Waals surface area contributed by atoms with Crippen molar-refractivity contribution in [3.05, 3.63) is 23.7 Å². The highest BCUT2D eigenvalue weighted by Gasteiger charge is 2.21. The van der Waals surface area contributed by atoms with E-state index >= 15 is 0 Å². The van der Waals surface area contributed by atoms with Gasteiger partial charge in [0, 0.05) is 18.2 Å². The number of furan rings is 1. The lowest BCUT2D eigenvalue weighted by Gasteiger charge is -2.33. The molecule has 3 nitrogen and oxygen atoms in total. The smallest absolute Gasteiger partial charge is 0.122 e. The molecule has 1 aliphatic carbocycles. The van der Waals surface area contributed by atoms with E-state index in [0.29, 0.717) is 0 Å². The molecule has 1 heterocycles. The molecule has 0 aliphatic heterocycles. The van der Waals surface area contributed by atoms with Crippen molar-refractivity contribution < 1.29 is 4.42 Å². The third kappa shape index (κ3) is 4.35. The molecule has 0 saturated heterocycles. The van der Waals surface area contributed by atoms with Crippen molar-refractivity contribution in [2.75, 3.05) is 13.1 Å². The Hall–Kier alpha value is -0.800. The van der Waals surface area contributed by atoms with Crippen molar-refractivity contribution in [3.8, 4) is 0 Å². The molecule has 1 saturated carbocycles. The highest BCUT2D eigenvalue weighted by atomic mass is 16.3. The topological polar surface area (TPSA) is 28.4 Å². The van der Waals surface area contributed by atoms with Crippen LogP contribution in [0.1, 0.15) is 63.7 Å². The van der Waals surface area contributed by atoms with Crippen LogP contribution >= 0.6 is 0 Å². The van der Waals surface area contributed by atoms with Crippen LogP contribution < -0.4 is 5.32 Å². The molecule has 1 aromatic rings. The molecule has 1 aromatic heterocycles. The normalized spacial score (nSPS) is 16.9. The van der Waals surface area contributed by atoms with Crippen LogP contribution in [0.4, 0.5) is 0 Å². The molecule has 0 unspecified atom stereocenters. The van der Waals surface area contributed by atoms with Gasteiger partial charge in [-0.1, -0.05) is 33.1 Å². The van der Waals surface area contributed by atoms with Gasteiger partial charge in [-0.15, -0.1) is 0 Å². The van der Waals surface area contributed by atoms with E-state index in [4.69, 9.17) is 4.42 Å². The van der Waals surface area contributed by atoms with Crippen LogP contribution in [0.5, 0.6) is 0 Å². The van der Waals surface area contributed by atoms with Crippen molar-refractivity contribution in [2.24, 2.45) is 0 Å². The van der Waals surface area contributed by atoms with Crippen LogP contribution in [-0.4, -0.2) is 24.0 Å². The van der Waals surface area contributed by atoms with E-state index in [1.807, 2.05) is 6.26 Å². The fourth-order valence-corrected chi connectivity index (χ4v) is 3.21. The zero-order valence-corrected chi connectivity index (χ0v) is 13.2. The van der Waals surface area contributed by atoms with Gasteiger partial charge in [-0.3, -0.25) is 4.90 Å². The maximum absolute atomic E-state index is 5.65. The minimum atomic E-state index is 0.778. The SMILES string of the molecule is CCCNCc1occc1CN(CC)C1CCCCC1. The van der Waals surface area contributed by atoms with Gasteiger partial charge in [0.2, 0.25) is 0 Å². The Morgan fingerprint density at radius 1 is 1.25 bits per heavy atom. The lowest BCUT2D eigenvalue weighted by Crippen LogP contribution is -2.36. The summed E-state index contributed by atoms with van der Waals surface area (Å²) in [6.45, 7) is 8.57. The fourth-order valence-electron chi connectivity index (χ4n) is 3.21. The first-order chi connectivity index (χ1) is 9.85. The standard InChI is InChI=1S/C17H30N2O/c1-3-11-18-13-17-15(10-12-20-17)14-19(4-2)16-8-6-5-7-9-16/h10,12,16,18H,3-9,11,13-14H2,1-2H3. The summed E-state index contributed by atoms with van der Waals surface area (Å²) < 4.78 is 5.65. The first-order valence-corrected chi connectivity index (χ1v) is 8.35. The van der Waals surface area contributed by atoms with Gasteiger partial charge in [0.25, 0.3) is 0 Å². The predicted molar refractivity (Wildman–Crippen MR) is 83.7 cm³/mol. The molecule has 0 radical (unpaired) electrons. The molecule has 3 heteroatoms. The summed E-state index contributed by atoms with van der Waals surface area (Å²) in [7, 11) is 0. The van der Waals surface area contributed by atoms with Gasteiger partial charge in [0.05, 0.1) is 12.8 Å². The lowest BCUT2D eigenvalue weighted by molar-refractivity contribution is 0.155. The highest BCUT2D eigenvalue weighted by molar-refractivity contribution is 5.17. The Balaban J connectivity index is 1.91. The molecular formula is C17H30N2O. The fraction of sp³-hybridized carbons (Fsp3) is 0.765. The molecule has 0 aromatic carbocycles. The van der Waals surface area contributed by atoms with E-state index in [-0.39, 0.29) is 0 Å². The first-order valence-electron chi connectivity index (χ1n) is 8.35. The van der Waals surface area contributed by atoms with Gasteiger partial charge >= 0.3 is 0 Å². The van der Waals surface area contributed by atoms with Gasteiger partial charge < -0.3 is 9.73 Å². The number of nitrogens with zero attached hydrogens (tertiary/aromatic N) is 1. The summed E-state index contributed by atoms with van der Waals surface area (Å²) >= 11 is 0. The molecule has 1 fully saturated rings. The van der Waals surface area contributed by atoms with E-state index in [1.54, 1.807) is 0 Å². The van der Waals surface area contributed by atoms with Crippen LogP contribution in [-0.2, 0) is 13.1 Å². The summed E-state index contributed by atoms with van der Waals surface area (Å²) in [4.78, 5) is 2.63. The number of nitrogens with one attached hydrogen (secondary N) is 1. The molecule has 1 aliphatic rings. The van der Waals surface area contributed by atoms with Crippen molar-refractivity contribution in [2.45, 2.75) is 71.5 Å². The molecule has 0 amide bonds. The van der Waals surface area contributed by atoms with Crippen molar-refractivity contribution >= 4 is 0 Å². The van der Waals surface area contributed by atoms with Gasteiger partial charge in [0.1, 0.15) is 5.76 Å². The third-order valence-corrected chi connectivity index (χ3v) is 4.42. The number of rotatable bonds is 8. The minimum Gasteiger partial charge on any atom is -0.468 e. The maximum Gasteiger partial charge on any atom is 0.122 e. The molecular weight excluding hydrogens is 248 g/mol. The summed E-state index contributed by atoms with van der Waals surface area (Å²) in [5.74, 6) is 1.12. The average molecular weight is 278 g/mol. The molecule has 1 N–H and O–H groups in total. The van der Waals surface area contributed by atoms with Crippen LogP contribution in [0.15, 0.2) is 16.7 Å². The minimum absolute atomic E-state index is 0.778. The summed E-state index contributed by atoms with van der Waals surface area (Å²) in [6, 6.07) is 2.93. The first kappa shape index (κ1) is 15.6. The van der Waals surface area contributed by atoms with Gasteiger partial charge in [-0.05, 0) is 38.4 Å². The molecule has 20 heavy (non-hydrogen) atoms. The summed E-state index contributed by atoms with van der Waals surface area (Å²) in [5, 5.41) is 3.44. The van der Waals surface area contributed by atoms with E-state index in [9.17, 15) is 0 Å². The van der Waals surface area contributed by atoms with Crippen LogP contribution in [0.25, 0.3) is 0 Å². The number of hydrogen-bond acceptors (Lipinski definition) is 3. The second-order valence-electron chi connectivity index (χ2n) is 5.90. The number of hydrogen-bond donors (Lipinski definition) is 1. The zero-order chi connectivity index (χ0) is 14.2. The predicted octanol–water partition coefficient (Wildman–Crippen LogP) is 3.93. The van der Waals surface area contributed by atoms with Gasteiger partial charge in [-0.25, -0.2) is 0 Å². The van der Waals surface area contributed by atoms with Crippen molar-refractivity contribution in [1.82, 2.24) is 10.2 Å². The lowest BCUT2D eigenvalue weighted by atomic mass is 9.94. The molecule has 0 spiro atoms.